The number of aryl methyl sites for hydroxylation is 1. The molecule has 0 bridgehead atoms. The van der Waals surface area contributed by atoms with E-state index in [1.165, 1.54) is 23.3 Å². The number of aromatic amines is 1. The number of aromatic hydroxyl groups is 1. The SMILES string of the molecule is O=C(Nc1ccccc1-c1ccsc1)OC1CCN(CCCCc2ccc(CCNC[C@H](O)c3ccc(O)c4[nH]c(=O)ccc34)cc2)CC1. The zero-order valence-corrected chi connectivity index (χ0v) is 28.4. The number of fused-ring (bicyclic) bond motifs is 1. The number of likely N-dealkylation sites (tertiary alicyclic amines) is 1. The third-order valence-corrected chi connectivity index (χ3v) is 9.89. The lowest BCUT2D eigenvalue weighted by Crippen LogP contribution is -2.38. The second-order valence-corrected chi connectivity index (χ2v) is 13.4. The van der Waals surface area contributed by atoms with Gasteiger partial charge in [0.1, 0.15) is 11.9 Å². The Morgan fingerprint density at radius 1 is 0.959 bits per heavy atom. The number of hydrogen-bond donors (Lipinski definition) is 5. The molecule has 1 fully saturated rings. The van der Waals surface area contributed by atoms with Crippen LogP contribution in [0.5, 0.6) is 5.75 Å². The van der Waals surface area contributed by atoms with Crippen molar-refractivity contribution in [3.63, 3.8) is 0 Å². The highest BCUT2D eigenvalue weighted by molar-refractivity contribution is 7.08. The summed E-state index contributed by atoms with van der Waals surface area (Å²) in [6.45, 7) is 4.02. The van der Waals surface area contributed by atoms with E-state index in [4.69, 9.17) is 4.74 Å². The molecule has 0 radical (unpaired) electrons. The van der Waals surface area contributed by atoms with Crippen LogP contribution in [0, 0.1) is 0 Å². The first-order valence-corrected chi connectivity index (χ1v) is 18.0. The Labute approximate surface area is 290 Å². The summed E-state index contributed by atoms with van der Waals surface area (Å²) < 4.78 is 5.78. The summed E-state index contributed by atoms with van der Waals surface area (Å²) in [5.41, 5.74) is 6.13. The molecule has 0 spiro atoms. The average Bonchev–Trinajstić information content (AvgIpc) is 3.65. The van der Waals surface area contributed by atoms with Crippen LogP contribution in [0.2, 0.25) is 0 Å². The highest BCUT2D eigenvalue weighted by Gasteiger charge is 2.22. The van der Waals surface area contributed by atoms with Crippen molar-refractivity contribution in [1.82, 2.24) is 15.2 Å². The van der Waals surface area contributed by atoms with E-state index in [0.29, 0.717) is 23.0 Å². The van der Waals surface area contributed by atoms with Crippen LogP contribution < -0.4 is 16.2 Å². The number of benzene rings is 3. The summed E-state index contributed by atoms with van der Waals surface area (Å²) in [5.74, 6) is -0.0155. The Balaban J connectivity index is 0.843. The number of nitrogens with zero attached hydrogens (tertiary/aromatic N) is 1. The predicted molar refractivity (Wildman–Crippen MR) is 196 cm³/mol. The third-order valence-electron chi connectivity index (χ3n) is 9.21. The highest BCUT2D eigenvalue weighted by Crippen LogP contribution is 2.30. The molecule has 1 saturated heterocycles. The zero-order valence-electron chi connectivity index (χ0n) is 27.6. The molecule has 6 rings (SSSR count). The first kappa shape index (κ1) is 34.4. The normalized spacial score (nSPS) is 14.6. The van der Waals surface area contributed by atoms with Gasteiger partial charge in [0, 0.05) is 36.7 Å². The Morgan fingerprint density at radius 2 is 1.73 bits per heavy atom. The van der Waals surface area contributed by atoms with Crippen molar-refractivity contribution < 1.29 is 19.7 Å². The van der Waals surface area contributed by atoms with E-state index >= 15 is 0 Å². The number of anilines is 1. The molecular weight excluding hydrogens is 637 g/mol. The number of phenols is 1. The summed E-state index contributed by atoms with van der Waals surface area (Å²) in [5, 5.41) is 31.9. The zero-order chi connectivity index (χ0) is 34.0. The number of rotatable bonds is 14. The number of unbranched alkanes of at least 4 members (excludes halogenated alkanes) is 1. The Kier molecular flexibility index (Phi) is 11.8. The molecule has 1 aliphatic heterocycles. The molecule has 1 aliphatic rings. The van der Waals surface area contributed by atoms with Crippen molar-refractivity contribution in [2.75, 3.05) is 38.0 Å². The van der Waals surface area contributed by atoms with Gasteiger partial charge in [0.15, 0.2) is 0 Å². The van der Waals surface area contributed by atoms with Crippen LogP contribution in [0.25, 0.3) is 22.0 Å². The Morgan fingerprint density at radius 3 is 2.51 bits per heavy atom. The number of phenolic OH excluding ortho intramolecular Hbond substituents is 1. The van der Waals surface area contributed by atoms with Crippen molar-refractivity contribution in [1.29, 1.82) is 0 Å². The lowest BCUT2D eigenvalue weighted by atomic mass is 10.0. The molecule has 10 heteroatoms. The van der Waals surface area contributed by atoms with Crippen LogP contribution in [-0.2, 0) is 17.6 Å². The van der Waals surface area contributed by atoms with E-state index in [-0.39, 0.29) is 23.5 Å². The lowest BCUT2D eigenvalue weighted by molar-refractivity contribution is 0.0585. The van der Waals surface area contributed by atoms with Gasteiger partial charge in [0.2, 0.25) is 5.56 Å². The molecule has 0 aliphatic carbocycles. The third kappa shape index (κ3) is 9.36. The molecular formula is C39H44N4O5S. The average molecular weight is 681 g/mol. The second kappa shape index (κ2) is 16.8. The highest BCUT2D eigenvalue weighted by atomic mass is 32.1. The van der Waals surface area contributed by atoms with Crippen LogP contribution in [0.4, 0.5) is 10.5 Å². The molecule has 5 N–H and O–H groups in total. The summed E-state index contributed by atoms with van der Waals surface area (Å²) in [6, 6.07) is 24.9. The number of thiophene rings is 1. The van der Waals surface area contributed by atoms with E-state index in [1.807, 2.05) is 29.6 Å². The molecule has 3 aromatic carbocycles. The fourth-order valence-electron chi connectivity index (χ4n) is 6.47. The summed E-state index contributed by atoms with van der Waals surface area (Å²) in [6.07, 6.45) is 4.64. The molecule has 5 aromatic rings. The number of amides is 1. The first-order valence-electron chi connectivity index (χ1n) is 17.1. The maximum atomic E-state index is 12.7. The topological polar surface area (TPSA) is 127 Å². The number of pyridine rings is 1. The quantitative estimate of drug-likeness (QED) is 0.0811. The number of carbonyl (C=O) groups excluding carboxylic acids is 1. The van der Waals surface area contributed by atoms with Gasteiger partial charge in [-0.1, -0.05) is 48.5 Å². The molecule has 256 valence electrons. The molecule has 9 nitrogen and oxygen atoms in total. The van der Waals surface area contributed by atoms with Gasteiger partial charge in [-0.15, -0.1) is 0 Å². The largest absolute Gasteiger partial charge is 0.506 e. The van der Waals surface area contributed by atoms with Gasteiger partial charge in [0.25, 0.3) is 0 Å². The molecule has 49 heavy (non-hydrogen) atoms. The fourth-order valence-corrected chi connectivity index (χ4v) is 7.13. The lowest BCUT2D eigenvalue weighted by Gasteiger charge is -2.31. The summed E-state index contributed by atoms with van der Waals surface area (Å²) in [7, 11) is 0. The van der Waals surface area contributed by atoms with Gasteiger partial charge >= 0.3 is 6.09 Å². The van der Waals surface area contributed by atoms with Crippen LogP contribution in [-0.4, -0.2) is 65.0 Å². The smallest absolute Gasteiger partial charge is 0.411 e. The van der Waals surface area contributed by atoms with Crippen LogP contribution in [0.1, 0.15) is 48.5 Å². The Hall–Kier alpha value is -4.48. The molecule has 1 amide bonds. The fraction of sp³-hybridized carbons (Fsp3) is 0.333. The van der Waals surface area contributed by atoms with Crippen LogP contribution in [0.3, 0.4) is 0 Å². The van der Waals surface area contributed by atoms with E-state index in [1.54, 1.807) is 23.5 Å². The first-order chi connectivity index (χ1) is 23.9. The minimum absolute atomic E-state index is 0.0155. The minimum Gasteiger partial charge on any atom is -0.506 e. The second-order valence-electron chi connectivity index (χ2n) is 12.7. The number of carbonyl (C=O) groups is 1. The van der Waals surface area contributed by atoms with Crippen molar-refractivity contribution in [3.8, 4) is 16.9 Å². The maximum Gasteiger partial charge on any atom is 0.411 e. The van der Waals surface area contributed by atoms with Gasteiger partial charge in [-0.2, -0.15) is 11.3 Å². The van der Waals surface area contributed by atoms with Crippen molar-refractivity contribution >= 4 is 34.0 Å². The number of para-hydroxylation sites is 1. The standard InChI is InChI=1S/C39H44N4O5S/c44-35-14-12-32(33-13-15-37(46)42-38(33)35)36(45)25-40-20-16-28-10-8-27(9-11-28)5-3-4-21-43-22-17-30(18-23-43)48-39(47)41-34-7-2-1-6-31(34)29-19-24-49-26-29/h1-2,6-15,19,24,26,30,36,40,44-45H,3-5,16-18,20-23,25H2,(H,41,47)(H,42,46)/t36-/m0/s1. The number of aliphatic hydroxyl groups is 1. The summed E-state index contributed by atoms with van der Waals surface area (Å²) >= 11 is 1.63. The van der Waals surface area contributed by atoms with Crippen LogP contribution in [0.15, 0.2) is 94.4 Å². The van der Waals surface area contributed by atoms with E-state index < -0.39 is 6.10 Å². The van der Waals surface area contributed by atoms with E-state index in [9.17, 15) is 19.8 Å². The maximum absolute atomic E-state index is 12.7. The summed E-state index contributed by atoms with van der Waals surface area (Å²) in [4.78, 5) is 29.4. The molecule has 2 aromatic heterocycles. The predicted octanol–water partition coefficient (Wildman–Crippen LogP) is 6.86. The van der Waals surface area contributed by atoms with Crippen molar-refractivity contribution in [2.24, 2.45) is 0 Å². The van der Waals surface area contributed by atoms with Gasteiger partial charge in [0.05, 0.1) is 17.3 Å². The van der Waals surface area contributed by atoms with Gasteiger partial charge in [-0.3, -0.25) is 10.1 Å². The van der Waals surface area contributed by atoms with E-state index in [2.05, 4.69) is 56.2 Å². The number of aliphatic hydroxyl groups excluding tert-OH is 1. The molecule has 0 saturated carbocycles. The van der Waals surface area contributed by atoms with Crippen LogP contribution >= 0.6 is 11.3 Å². The molecule has 0 unspecified atom stereocenters. The van der Waals surface area contributed by atoms with Crippen molar-refractivity contribution in [2.45, 2.75) is 50.7 Å². The monoisotopic (exact) mass is 680 g/mol. The van der Waals surface area contributed by atoms with E-state index in [0.717, 1.165) is 81.5 Å². The van der Waals surface area contributed by atoms with Gasteiger partial charge in [-0.25, -0.2) is 4.79 Å². The van der Waals surface area contributed by atoms with Gasteiger partial charge in [-0.05, 0) is 109 Å². The number of piperidine rings is 1. The Bertz CT molecular complexity index is 1870. The number of ether oxygens (including phenoxy) is 1. The number of hydrogen-bond acceptors (Lipinski definition) is 8. The van der Waals surface area contributed by atoms with Gasteiger partial charge < -0.3 is 30.2 Å². The van der Waals surface area contributed by atoms with Crippen molar-refractivity contribution in [3.05, 3.63) is 117 Å². The minimum atomic E-state index is -0.770. The number of nitrogens with one attached hydrogen (secondary N) is 3. The molecule has 1 atom stereocenters. The number of H-pyrrole nitrogens is 1. The number of aromatic nitrogens is 1. The molecule has 3 heterocycles.